The van der Waals surface area contributed by atoms with Crippen LogP contribution >= 0.6 is 0 Å². The van der Waals surface area contributed by atoms with E-state index in [1.807, 2.05) is 11.0 Å². The summed E-state index contributed by atoms with van der Waals surface area (Å²) in [6, 6.07) is 10.8. The van der Waals surface area contributed by atoms with Crippen LogP contribution in [0.25, 0.3) is 10.8 Å². The molecule has 10 heteroatoms. The van der Waals surface area contributed by atoms with Crippen molar-refractivity contribution in [3.8, 4) is 11.8 Å². The molecule has 2 saturated heterocycles. The monoisotopic (exact) mass is 450 g/mol. The van der Waals surface area contributed by atoms with Gasteiger partial charge >= 0.3 is 6.36 Å². The highest BCUT2D eigenvalue weighted by atomic mass is 19.4. The third-order valence-electron chi connectivity index (χ3n) is 5.82. The molecule has 1 amide bonds. The van der Waals surface area contributed by atoms with Crippen molar-refractivity contribution in [1.82, 2.24) is 9.80 Å². The number of hydrogen-bond acceptors (Lipinski definition) is 5. The van der Waals surface area contributed by atoms with Gasteiger partial charge in [-0.25, -0.2) is 4.39 Å². The van der Waals surface area contributed by atoms with E-state index in [9.17, 15) is 22.4 Å². The maximum absolute atomic E-state index is 13.6. The zero-order chi connectivity index (χ0) is 22.9. The first-order valence-corrected chi connectivity index (χ1v) is 10.3. The van der Waals surface area contributed by atoms with E-state index in [-0.39, 0.29) is 37.2 Å². The van der Waals surface area contributed by atoms with Gasteiger partial charge in [-0.3, -0.25) is 9.69 Å². The van der Waals surface area contributed by atoms with Crippen LogP contribution in [-0.4, -0.2) is 66.5 Å². The Morgan fingerprint density at radius 3 is 2.66 bits per heavy atom. The van der Waals surface area contributed by atoms with Gasteiger partial charge in [0, 0.05) is 42.0 Å². The first-order chi connectivity index (χ1) is 15.2. The maximum atomic E-state index is 13.6. The fourth-order valence-corrected chi connectivity index (χ4v) is 4.39. The van der Waals surface area contributed by atoms with Crippen molar-refractivity contribution >= 4 is 22.4 Å². The van der Waals surface area contributed by atoms with Crippen LogP contribution in [0.15, 0.2) is 36.4 Å². The van der Waals surface area contributed by atoms with Crippen LogP contribution in [0.4, 0.5) is 23.2 Å². The highest BCUT2D eigenvalue weighted by molar-refractivity contribution is 5.98. The van der Waals surface area contributed by atoms with E-state index in [2.05, 4.69) is 10.1 Å². The number of amides is 1. The molecule has 170 valence electrons. The van der Waals surface area contributed by atoms with Crippen molar-refractivity contribution in [3.05, 3.63) is 36.4 Å². The van der Waals surface area contributed by atoms with E-state index in [4.69, 9.17) is 5.26 Å². The highest BCUT2D eigenvalue weighted by Crippen LogP contribution is 2.35. The summed E-state index contributed by atoms with van der Waals surface area (Å²) >= 11 is 0. The van der Waals surface area contributed by atoms with E-state index in [1.54, 1.807) is 30.3 Å². The van der Waals surface area contributed by atoms with E-state index in [1.165, 1.54) is 11.0 Å². The standard InChI is InChI=1S/C22H22F4N4O2/c23-14-9-16(10-27)30(11-14)21(31)13-29-8-7-15(12-29)28-19-5-6-20(32-22(24,25)26)18-4-2-1-3-17(18)19/h1-6,14-16,28H,7-9,11-13H2/t14-,15+,16?/m0/s1. The molecule has 0 aromatic heterocycles. The lowest BCUT2D eigenvalue weighted by atomic mass is 10.1. The largest absolute Gasteiger partial charge is 0.573 e. The molecule has 2 aromatic rings. The van der Waals surface area contributed by atoms with E-state index in [0.29, 0.717) is 29.5 Å². The molecule has 3 atom stereocenters. The van der Waals surface area contributed by atoms with Crippen molar-refractivity contribution in [3.63, 3.8) is 0 Å². The third kappa shape index (κ3) is 4.88. The normalized spacial score (nSPS) is 24.0. The number of nitrogens with one attached hydrogen (secondary N) is 1. The van der Waals surface area contributed by atoms with Crippen molar-refractivity contribution < 1.29 is 27.1 Å². The first kappa shape index (κ1) is 22.1. The zero-order valence-electron chi connectivity index (χ0n) is 17.1. The first-order valence-electron chi connectivity index (χ1n) is 10.3. The number of fused-ring (bicyclic) bond motifs is 1. The molecule has 2 aromatic carbocycles. The Bertz CT molecular complexity index is 1040. The Hall–Kier alpha value is -3.06. The van der Waals surface area contributed by atoms with Gasteiger partial charge in [0.15, 0.2) is 0 Å². The number of halogens is 4. The van der Waals surface area contributed by atoms with Gasteiger partial charge in [0.05, 0.1) is 19.2 Å². The molecule has 2 fully saturated rings. The Morgan fingerprint density at radius 2 is 1.94 bits per heavy atom. The van der Waals surface area contributed by atoms with Crippen LogP contribution in [0.1, 0.15) is 12.8 Å². The highest BCUT2D eigenvalue weighted by Gasteiger charge is 2.37. The second-order valence-corrected chi connectivity index (χ2v) is 8.09. The molecule has 0 radical (unpaired) electrons. The van der Waals surface area contributed by atoms with Gasteiger partial charge in [-0.1, -0.05) is 24.3 Å². The summed E-state index contributed by atoms with van der Waals surface area (Å²) in [6.07, 6.45) is -5.17. The third-order valence-corrected chi connectivity index (χ3v) is 5.82. The smallest absolute Gasteiger partial charge is 0.405 e. The van der Waals surface area contributed by atoms with Crippen LogP contribution in [0.3, 0.4) is 0 Å². The molecule has 0 aliphatic carbocycles. The average molecular weight is 450 g/mol. The second kappa shape index (κ2) is 8.82. The summed E-state index contributed by atoms with van der Waals surface area (Å²) < 4.78 is 55.9. The number of ether oxygens (including phenoxy) is 1. The van der Waals surface area contributed by atoms with Crippen molar-refractivity contribution in [2.75, 3.05) is 31.5 Å². The number of hydrogen-bond donors (Lipinski definition) is 1. The lowest BCUT2D eigenvalue weighted by Crippen LogP contribution is -2.42. The lowest BCUT2D eigenvalue weighted by molar-refractivity contribution is -0.274. The number of carbonyl (C=O) groups excluding carboxylic acids is 1. The van der Waals surface area contributed by atoms with E-state index < -0.39 is 18.6 Å². The predicted molar refractivity (Wildman–Crippen MR) is 110 cm³/mol. The SMILES string of the molecule is N#CC1C[C@H](F)CN1C(=O)CN1CC[C@@H](Nc2ccc(OC(F)(F)F)c3ccccc23)C1. The predicted octanol–water partition coefficient (Wildman–Crippen LogP) is 3.69. The fraction of sp³-hybridized carbons (Fsp3) is 0.455. The van der Waals surface area contributed by atoms with Gasteiger partial charge in [-0.2, -0.15) is 5.26 Å². The van der Waals surface area contributed by atoms with Crippen molar-refractivity contribution in [2.45, 2.75) is 37.5 Å². The number of benzene rings is 2. The molecule has 2 aliphatic rings. The number of alkyl halides is 4. The Morgan fingerprint density at radius 1 is 1.19 bits per heavy atom. The van der Waals surface area contributed by atoms with Gasteiger partial charge in [0.2, 0.25) is 5.91 Å². The summed E-state index contributed by atoms with van der Waals surface area (Å²) in [5.41, 5.74) is 0.678. The second-order valence-electron chi connectivity index (χ2n) is 8.09. The van der Waals surface area contributed by atoms with Crippen LogP contribution in [-0.2, 0) is 4.79 Å². The Balaban J connectivity index is 1.41. The summed E-state index contributed by atoms with van der Waals surface area (Å²) in [6.45, 7) is 1.23. The average Bonchev–Trinajstić information content (AvgIpc) is 3.34. The molecule has 1 unspecified atom stereocenters. The van der Waals surface area contributed by atoms with Crippen LogP contribution < -0.4 is 10.1 Å². The summed E-state index contributed by atoms with van der Waals surface area (Å²) in [7, 11) is 0. The number of likely N-dealkylation sites (tertiary alicyclic amines) is 2. The van der Waals surface area contributed by atoms with Crippen molar-refractivity contribution in [2.24, 2.45) is 0 Å². The van der Waals surface area contributed by atoms with E-state index >= 15 is 0 Å². The molecular formula is C22H22F4N4O2. The lowest BCUT2D eigenvalue weighted by Gasteiger charge is -2.23. The number of rotatable bonds is 5. The minimum absolute atomic E-state index is 0.0140. The molecule has 1 N–H and O–H groups in total. The Kier molecular flexibility index (Phi) is 6.11. The van der Waals surface area contributed by atoms with Crippen LogP contribution in [0, 0.1) is 11.3 Å². The minimum atomic E-state index is -4.78. The minimum Gasteiger partial charge on any atom is -0.405 e. The molecule has 0 spiro atoms. The van der Waals surface area contributed by atoms with E-state index in [0.717, 1.165) is 6.42 Å². The van der Waals surface area contributed by atoms with Gasteiger partial charge in [-0.15, -0.1) is 13.2 Å². The fourth-order valence-electron chi connectivity index (χ4n) is 4.39. The van der Waals surface area contributed by atoms with Gasteiger partial charge in [0.1, 0.15) is 18.0 Å². The number of nitrogens with zero attached hydrogens (tertiary/aromatic N) is 3. The molecule has 4 rings (SSSR count). The molecule has 6 nitrogen and oxygen atoms in total. The zero-order valence-corrected chi connectivity index (χ0v) is 17.1. The van der Waals surface area contributed by atoms with Crippen LogP contribution in [0.2, 0.25) is 0 Å². The van der Waals surface area contributed by atoms with Crippen molar-refractivity contribution in [1.29, 1.82) is 5.26 Å². The molecule has 2 heterocycles. The summed E-state index contributed by atoms with van der Waals surface area (Å²) in [4.78, 5) is 15.8. The molecule has 32 heavy (non-hydrogen) atoms. The summed E-state index contributed by atoms with van der Waals surface area (Å²) in [5, 5.41) is 13.4. The van der Waals surface area contributed by atoms with Gasteiger partial charge in [0.25, 0.3) is 0 Å². The van der Waals surface area contributed by atoms with Gasteiger partial charge in [-0.05, 0) is 18.6 Å². The topological polar surface area (TPSA) is 68.6 Å². The molecular weight excluding hydrogens is 428 g/mol. The van der Waals surface area contributed by atoms with Crippen LogP contribution in [0.5, 0.6) is 5.75 Å². The molecule has 2 aliphatic heterocycles. The van der Waals surface area contributed by atoms with Gasteiger partial charge < -0.3 is 15.0 Å². The Labute approximate surface area is 182 Å². The summed E-state index contributed by atoms with van der Waals surface area (Å²) in [5.74, 6) is -0.530. The number of anilines is 1. The quantitative estimate of drug-likeness (QED) is 0.704. The molecule has 0 bridgehead atoms. The maximum Gasteiger partial charge on any atom is 0.573 e. The number of nitriles is 1. The molecule has 0 saturated carbocycles. The number of carbonyl (C=O) groups is 1.